The van der Waals surface area contributed by atoms with E-state index in [1.807, 2.05) is 0 Å². The Bertz CT molecular complexity index is 164. The second kappa shape index (κ2) is 7.23. The van der Waals surface area contributed by atoms with Crippen molar-refractivity contribution in [2.24, 2.45) is 0 Å². The van der Waals surface area contributed by atoms with Crippen LogP contribution < -0.4 is 0 Å². The Morgan fingerprint density at radius 2 is 2.18 bits per heavy atom. The number of hydrogen-bond donors (Lipinski definition) is 0. The average molecular weight is 158 g/mol. The molecule has 2 heteroatoms. The summed E-state index contributed by atoms with van der Waals surface area (Å²) in [6.45, 7) is 2.90. The molecule has 0 aromatic rings. The molecule has 0 radical (unpaired) electrons. The molecular weight excluding hydrogens is 146 g/mol. The first-order valence-corrected chi connectivity index (χ1v) is 3.58. The van der Waals surface area contributed by atoms with Crippen LogP contribution in [0.2, 0.25) is 0 Å². The Balaban J connectivity index is 3.47. The van der Waals surface area contributed by atoms with Gasteiger partial charge in [0.25, 0.3) is 0 Å². The van der Waals surface area contributed by atoms with Gasteiger partial charge in [0.1, 0.15) is 5.83 Å². The SMILES string of the molecule is C=C=CC(F)=CCCCCF. The van der Waals surface area contributed by atoms with E-state index in [0.717, 1.165) is 6.08 Å². The fourth-order valence-corrected chi connectivity index (χ4v) is 0.635. The van der Waals surface area contributed by atoms with E-state index in [9.17, 15) is 8.78 Å². The first kappa shape index (κ1) is 10.1. The van der Waals surface area contributed by atoms with Crippen LogP contribution in [0.5, 0.6) is 0 Å². The van der Waals surface area contributed by atoms with Crippen LogP contribution in [0, 0.1) is 0 Å². The highest BCUT2D eigenvalue weighted by molar-refractivity contribution is 5.08. The van der Waals surface area contributed by atoms with Crippen LogP contribution in [0.3, 0.4) is 0 Å². The summed E-state index contributed by atoms with van der Waals surface area (Å²) in [6, 6.07) is 0. The van der Waals surface area contributed by atoms with Crippen molar-refractivity contribution in [3.8, 4) is 0 Å². The normalized spacial score (nSPS) is 10.9. The Labute approximate surface area is 65.9 Å². The lowest BCUT2D eigenvalue weighted by atomic mass is 10.2. The minimum atomic E-state index is -0.348. The van der Waals surface area contributed by atoms with E-state index in [2.05, 4.69) is 12.3 Å². The second-order valence-corrected chi connectivity index (χ2v) is 2.12. The fraction of sp³-hybridized carbons (Fsp3) is 0.444. The number of alkyl halides is 1. The van der Waals surface area contributed by atoms with Crippen LogP contribution in [0.4, 0.5) is 8.78 Å². The Morgan fingerprint density at radius 1 is 1.45 bits per heavy atom. The number of allylic oxidation sites excluding steroid dienone is 3. The van der Waals surface area contributed by atoms with E-state index in [1.54, 1.807) is 0 Å². The number of rotatable bonds is 5. The lowest BCUT2D eigenvalue weighted by Gasteiger charge is -1.89. The van der Waals surface area contributed by atoms with Crippen LogP contribution in [0.15, 0.2) is 30.3 Å². The van der Waals surface area contributed by atoms with Crippen molar-refractivity contribution in [3.05, 3.63) is 30.3 Å². The van der Waals surface area contributed by atoms with Gasteiger partial charge in [0, 0.05) is 6.08 Å². The molecular formula is C9H12F2. The maximum absolute atomic E-state index is 12.4. The highest BCUT2D eigenvalue weighted by Gasteiger charge is 1.87. The van der Waals surface area contributed by atoms with Crippen molar-refractivity contribution < 1.29 is 8.78 Å². The minimum absolute atomic E-state index is 0.327. The summed E-state index contributed by atoms with van der Waals surface area (Å²) in [7, 11) is 0. The van der Waals surface area contributed by atoms with E-state index in [4.69, 9.17) is 0 Å². The molecule has 0 atom stereocenters. The summed E-state index contributed by atoms with van der Waals surface area (Å²) in [5.41, 5.74) is 2.32. The smallest absolute Gasteiger partial charge is 0.126 e. The lowest BCUT2D eigenvalue weighted by molar-refractivity contribution is 0.462. The third-order valence-electron chi connectivity index (χ3n) is 1.17. The zero-order chi connectivity index (χ0) is 8.53. The highest BCUT2D eigenvalue weighted by atomic mass is 19.1. The maximum atomic E-state index is 12.4. The van der Waals surface area contributed by atoms with Crippen LogP contribution in [-0.4, -0.2) is 6.67 Å². The van der Waals surface area contributed by atoms with Crippen molar-refractivity contribution in [1.82, 2.24) is 0 Å². The molecule has 0 bridgehead atoms. The van der Waals surface area contributed by atoms with Gasteiger partial charge in [-0.15, -0.1) is 5.73 Å². The molecule has 0 nitrogen and oxygen atoms in total. The molecule has 0 N–H and O–H groups in total. The fourth-order valence-electron chi connectivity index (χ4n) is 0.635. The third kappa shape index (κ3) is 7.01. The molecule has 0 saturated carbocycles. The number of halogens is 2. The highest BCUT2D eigenvalue weighted by Crippen LogP contribution is 2.03. The molecule has 0 saturated heterocycles. The van der Waals surface area contributed by atoms with E-state index < -0.39 is 0 Å². The first-order valence-electron chi connectivity index (χ1n) is 3.58. The van der Waals surface area contributed by atoms with Crippen molar-refractivity contribution in [3.63, 3.8) is 0 Å². The Morgan fingerprint density at radius 3 is 2.73 bits per heavy atom. The molecule has 0 aliphatic heterocycles. The number of unbranched alkanes of at least 4 members (excludes halogenated alkanes) is 2. The summed E-state index contributed by atoms with van der Waals surface area (Å²) in [4.78, 5) is 0. The molecule has 0 amide bonds. The van der Waals surface area contributed by atoms with Crippen LogP contribution >= 0.6 is 0 Å². The van der Waals surface area contributed by atoms with Gasteiger partial charge in [-0.2, -0.15) is 0 Å². The molecule has 0 unspecified atom stereocenters. The Kier molecular flexibility index (Phi) is 6.65. The van der Waals surface area contributed by atoms with Crippen LogP contribution in [0.25, 0.3) is 0 Å². The van der Waals surface area contributed by atoms with Gasteiger partial charge in [0.15, 0.2) is 0 Å². The zero-order valence-corrected chi connectivity index (χ0v) is 6.45. The number of hydrogen-bond acceptors (Lipinski definition) is 0. The largest absolute Gasteiger partial charge is 0.251 e. The predicted octanol–water partition coefficient (Wildman–Crippen LogP) is 3.32. The molecule has 0 rings (SSSR count). The maximum Gasteiger partial charge on any atom is 0.126 e. The molecule has 0 fully saturated rings. The van der Waals surface area contributed by atoms with Crippen LogP contribution in [0.1, 0.15) is 19.3 Å². The molecule has 0 aliphatic rings. The minimum Gasteiger partial charge on any atom is -0.251 e. The van der Waals surface area contributed by atoms with Gasteiger partial charge in [-0.3, -0.25) is 4.39 Å². The van der Waals surface area contributed by atoms with E-state index in [-0.39, 0.29) is 12.5 Å². The van der Waals surface area contributed by atoms with E-state index in [0.29, 0.717) is 19.3 Å². The summed E-state index contributed by atoms with van der Waals surface area (Å²) >= 11 is 0. The van der Waals surface area contributed by atoms with Gasteiger partial charge in [-0.25, -0.2) is 4.39 Å². The average Bonchev–Trinajstić information content (AvgIpc) is 1.99. The first-order chi connectivity index (χ1) is 5.31. The predicted molar refractivity (Wildman–Crippen MR) is 42.7 cm³/mol. The summed E-state index contributed by atoms with van der Waals surface area (Å²) in [6.07, 6.45) is 4.34. The van der Waals surface area contributed by atoms with Gasteiger partial charge in [0.2, 0.25) is 0 Å². The van der Waals surface area contributed by atoms with Crippen molar-refractivity contribution in [2.75, 3.05) is 6.67 Å². The van der Waals surface area contributed by atoms with Crippen molar-refractivity contribution in [2.45, 2.75) is 19.3 Å². The van der Waals surface area contributed by atoms with Crippen molar-refractivity contribution >= 4 is 0 Å². The molecule has 0 aromatic carbocycles. The van der Waals surface area contributed by atoms with E-state index in [1.165, 1.54) is 6.08 Å². The molecule has 11 heavy (non-hydrogen) atoms. The summed E-state index contributed by atoms with van der Waals surface area (Å²) < 4.78 is 24.0. The van der Waals surface area contributed by atoms with Crippen LogP contribution in [-0.2, 0) is 0 Å². The monoisotopic (exact) mass is 158 g/mol. The van der Waals surface area contributed by atoms with Gasteiger partial charge < -0.3 is 0 Å². The van der Waals surface area contributed by atoms with Gasteiger partial charge >= 0.3 is 0 Å². The molecule has 0 aliphatic carbocycles. The van der Waals surface area contributed by atoms with Gasteiger partial charge in [-0.05, 0) is 25.3 Å². The van der Waals surface area contributed by atoms with Gasteiger partial charge in [0.05, 0.1) is 6.67 Å². The zero-order valence-electron chi connectivity index (χ0n) is 6.45. The third-order valence-corrected chi connectivity index (χ3v) is 1.17. The quantitative estimate of drug-likeness (QED) is 0.327. The molecule has 0 spiro atoms. The topological polar surface area (TPSA) is 0 Å². The lowest BCUT2D eigenvalue weighted by Crippen LogP contribution is -1.75. The Hall–Kier alpha value is -0.880. The molecule has 0 heterocycles. The van der Waals surface area contributed by atoms with Gasteiger partial charge in [-0.1, -0.05) is 6.58 Å². The molecule has 0 aromatic heterocycles. The summed E-state index contributed by atoms with van der Waals surface area (Å²) in [5.74, 6) is -0.348. The van der Waals surface area contributed by atoms with E-state index >= 15 is 0 Å². The standard InChI is InChI=1S/C9H12F2/c1-2-6-9(11)7-4-3-5-8-10/h6-7H,1,3-5,8H2. The summed E-state index contributed by atoms with van der Waals surface area (Å²) in [5, 5.41) is 0. The van der Waals surface area contributed by atoms with Crippen molar-refractivity contribution in [1.29, 1.82) is 0 Å². The molecule has 62 valence electrons. The second-order valence-electron chi connectivity index (χ2n) is 2.12.